The first-order valence-electron chi connectivity index (χ1n) is 8.93. The second kappa shape index (κ2) is 9.34. The third-order valence-corrected chi connectivity index (χ3v) is 6.05. The molecule has 0 fully saturated rings. The highest BCUT2D eigenvalue weighted by atomic mass is 35.5. The van der Waals surface area contributed by atoms with Crippen molar-refractivity contribution in [3.63, 3.8) is 0 Å². The summed E-state index contributed by atoms with van der Waals surface area (Å²) in [6, 6.07) is 7.38. The average Bonchev–Trinajstić information content (AvgIpc) is 2.68. The Balaban J connectivity index is 2.62. The van der Waals surface area contributed by atoms with Gasteiger partial charge in [0.2, 0.25) is 0 Å². The predicted molar refractivity (Wildman–Crippen MR) is 108 cm³/mol. The number of halogens is 5. The minimum atomic E-state index is -4.92. The molecule has 0 aliphatic carbocycles. The van der Waals surface area contributed by atoms with Crippen LogP contribution < -0.4 is 3.82 Å². The molecule has 172 valence electrons. The third-order valence-electron chi connectivity index (χ3n) is 3.98. The van der Waals surface area contributed by atoms with E-state index in [-0.39, 0.29) is 15.0 Å². The topological polar surface area (TPSA) is 87.5 Å². The quantitative estimate of drug-likeness (QED) is 0.197. The van der Waals surface area contributed by atoms with Gasteiger partial charge in [0.1, 0.15) is 11.3 Å². The Morgan fingerprint density at radius 1 is 1.09 bits per heavy atom. The summed E-state index contributed by atoms with van der Waals surface area (Å²) in [4.78, 5) is 11.9. The number of benzene rings is 2. The van der Waals surface area contributed by atoms with Crippen LogP contribution in [0.15, 0.2) is 24.3 Å². The van der Waals surface area contributed by atoms with E-state index in [2.05, 4.69) is 0 Å². The van der Waals surface area contributed by atoms with Crippen LogP contribution in [-0.4, -0.2) is 25.7 Å². The first-order chi connectivity index (χ1) is 14.7. The van der Waals surface area contributed by atoms with Gasteiger partial charge in [-0.05, 0) is 32.4 Å². The summed E-state index contributed by atoms with van der Waals surface area (Å²) in [6.45, 7) is 4.39. The lowest BCUT2D eigenvalue weighted by molar-refractivity contribution is -0.151. The van der Waals surface area contributed by atoms with Crippen molar-refractivity contribution in [1.82, 2.24) is 0 Å². The van der Waals surface area contributed by atoms with Crippen molar-refractivity contribution in [2.75, 3.05) is 9.58 Å². The van der Waals surface area contributed by atoms with Crippen molar-refractivity contribution < 1.29 is 35.5 Å². The molecule has 32 heavy (non-hydrogen) atoms. The van der Waals surface area contributed by atoms with Crippen LogP contribution in [0.1, 0.15) is 37.5 Å². The Hall–Kier alpha value is -2.84. The highest BCUT2D eigenvalue weighted by Gasteiger charge is 2.35. The molecule has 2 rings (SSSR count). The SMILES string of the molecule is CC(C)(C)OC(=O)CS(=O)(=O)N(Cl)c1c(F)c(F)c(F)c(F)c1Cc1ccccc1C#N. The third kappa shape index (κ3) is 5.49. The van der Waals surface area contributed by atoms with E-state index in [1.54, 1.807) is 6.07 Å². The molecule has 0 heterocycles. The number of hydrogen-bond donors (Lipinski definition) is 0. The van der Waals surface area contributed by atoms with Crippen LogP contribution in [0.5, 0.6) is 0 Å². The number of rotatable bonds is 6. The van der Waals surface area contributed by atoms with Crippen molar-refractivity contribution in [3.8, 4) is 6.07 Å². The number of ether oxygens (including phenoxy) is 1. The summed E-state index contributed by atoms with van der Waals surface area (Å²) in [5.41, 5.74) is -3.31. The molecule has 0 spiro atoms. The van der Waals surface area contributed by atoms with Crippen molar-refractivity contribution in [2.24, 2.45) is 0 Å². The van der Waals surface area contributed by atoms with Crippen LogP contribution in [0.3, 0.4) is 0 Å². The summed E-state index contributed by atoms with van der Waals surface area (Å²) < 4.78 is 86.7. The minimum absolute atomic E-state index is 0.000672. The summed E-state index contributed by atoms with van der Waals surface area (Å²) in [7, 11) is -4.92. The van der Waals surface area contributed by atoms with Gasteiger partial charge in [0.05, 0.1) is 11.6 Å². The second-order valence-corrected chi connectivity index (χ2v) is 9.94. The Morgan fingerprint density at radius 2 is 1.66 bits per heavy atom. The monoisotopic (exact) mass is 492 g/mol. The number of esters is 1. The lowest BCUT2D eigenvalue weighted by Crippen LogP contribution is -2.34. The molecule has 0 aliphatic heterocycles. The number of carbonyl (C=O) groups is 1. The van der Waals surface area contributed by atoms with Gasteiger partial charge in [-0.1, -0.05) is 18.2 Å². The van der Waals surface area contributed by atoms with Gasteiger partial charge in [0.15, 0.2) is 29.0 Å². The molecule has 6 nitrogen and oxygen atoms in total. The van der Waals surface area contributed by atoms with Gasteiger partial charge in [0.25, 0.3) is 10.0 Å². The summed E-state index contributed by atoms with van der Waals surface area (Å²) in [6.07, 6.45) is -0.704. The predicted octanol–water partition coefficient (Wildman–Crippen LogP) is 4.34. The maximum absolute atomic E-state index is 14.6. The molecule has 0 saturated heterocycles. The maximum atomic E-state index is 14.6. The summed E-state index contributed by atoms with van der Waals surface area (Å²) >= 11 is 5.74. The Kier molecular flexibility index (Phi) is 7.42. The lowest BCUT2D eigenvalue weighted by Gasteiger charge is -2.23. The highest BCUT2D eigenvalue weighted by Crippen LogP contribution is 2.36. The normalized spacial score (nSPS) is 11.7. The molecule has 0 aliphatic rings. The van der Waals surface area contributed by atoms with E-state index in [9.17, 15) is 36.0 Å². The molecule has 0 saturated carbocycles. The van der Waals surface area contributed by atoms with Gasteiger partial charge in [-0.15, -0.1) is 0 Å². The second-order valence-electron chi connectivity index (χ2n) is 7.59. The van der Waals surface area contributed by atoms with Crippen molar-refractivity contribution in [3.05, 3.63) is 64.2 Å². The number of hydrogen-bond acceptors (Lipinski definition) is 5. The molecule has 0 aromatic heterocycles. The Morgan fingerprint density at radius 3 is 2.22 bits per heavy atom. The molecule has 0 bridgehead atoms. The molecule has 0 N–H and O–H groups in total. The standard InChI is InChI=1S/C20H17ClF4N2O4S/c1-20(2,3)31-14(28)10-32(29,30)27(21)19-13(15(22)16(23)17(24)18(19)25)8-11-6-4-5-7-12(11)9-26/h4-7H,8,10H2,1-3H3. The summed E-state index contributed by atoms with van der Waals surface area (Å²) in [5, 5.41) is 9.18. The molecule has 0 unspecified atom stereocenters. The molecular formula is C20H17ClF4N2O4S. The molecule has 0 radical (unpaired) electrons. The van der Waals surface area contributed by atoms with Crippen LogP contribution in [0, 0.1) is 34.6 Å². The smallest absolute Gasteiger partial charge is 0.323 e. The van der Waals surface area contributed by atoms with Crippen molar-refractivity contribution >= 4 is 33.5 Å². The first-order valence-corrected chi connectivity index (χ1v) is 10.9. The van der Waals surface area contributed by atoms with E-state index in [0.29, 0.717) is 0 Å². The van der Waals surface area contributed by atoms with Gasteiger partial charge >= 0.3 is 5.97 Å². The fourth-order valence-electron chi connectivity index (χ4n) is 2.70. The van der Waals surface area contributed by atoms with E-state index in [1.807, 2.05) is 0 Å². The number of carbonyl (C=O) groups excluding carboxylic acids is 1. The maximum Gasteiger partial charge on any atom is 0.323 e. The zero-order valence-corrected chi connectivity index (χ0v) is 18.6. The number of anilines is 1. The van der Waals surface area contributed by atoms with Gasteiger partial charge < -0.3 is 4.74 Å². The lowest BCUT2D eigenvalue weighted by atomic mass is 9.98. The van der Waals surface area contributed by atoms with Crippen molar-refractivity contribution in [2.45, 2.75) is 32.8 Å². The molecule has 12 heteroatoms. The minimum Gasteiger partial charge on any atom is -0.459 e. The highest BCUT2D eigenvalue weighted by molar-refractivity contribution is 7.94. The van der Waals surface area contributed by atoms with E-state index < -0.39 is 68.3 Å². The van der Waals surface area contributed by atoms with Gasteiger partial charge in [0, 0.05) is 23.8 Å². The summed E-state index contributed by atoms with van der Waals surface area (Å²) in [5.74, 6) is -11.1. The van der Waals surface area contributed by atoms with E-state index in [0.717, 1.165) is 0 Å². The van der Waals surface area contributed by atoms with E-state index in [1.165, 1.54) is 45.0 Å². The van der Waals surface area contributed by atoms with Gasteiger partial charge in [-0.3, -0.25) is 4.79 Å². The van der Waals surface area contributed by atoms with Crippen LogP contribution in [-0.2, 0) is 26.0 Å². The Bertz CT molecular complexity index is 1210. The van der Waals surface area contributed by atoms with Crippen molar-refractivity contribution in [1.29, 1.82) is 5.26 Å². The van der Waals surface area contributed by atoms with Crippen LogP contribution in [0.4, 0.5) is 23.2 Å². The molecular weight excluding hydrogens is 476 g/mol. The molecule has 2 aromatic carbocycles. The zero-order chi connectivity index (χ0) is 24.4. The first kappa shape index (κ1) is 25.4. The zero-order valence-electron chi connectivity index (χ0n) is 17.0. The van der Waals surface area contributed by atoms with Gasteiger partial charge in [-0.25, -0.2) is 26.0 Å². The fraction of sp³-hybridized carbons (Fsp3) is 0.300. The molecule has 0 atom stereocenters. The number of nitriles is 1. The van der Waals surface area contributed by atoms with Gasteiger partial charge in [-0.2, -0.15) is 9.09 Å². The van der Waals surface area contributed by atoms with Crippen LogP contribution in [0.2, 0.25) is 0 Å². The molecule has 0 amide bonds. The van der Waals surface area contributed by atoms with E-state index >= 15 is 0 Å². The number of sulfonamides is 1. The number of nitrogens with zero attached hydrogens (tertiary/aromatic N) is 2. The fourth-order valence-corrected chi connectivity index (χ4v) is 3.96. The Labute approximate surface area is 187 Å². The van der Waals surface area contributed by atoms with E-state index in [4.69, 9.17) is 16.5 Å². The van der Waals surface area contributed by atoms with Crippen LogP contribution >= 0.6 is 11.8 Å². The largest absolute Gasteiger partial charge is 0.459 e. The molecule has 2 aromatic rings. The average molecular weight is 493 g/mol. The van der Waals surface area contributed by atoms with Crippen LogP contribution in [0.25, 0.3) is 0 Å².